The van der Waals surface area contributed by atoms with Crippen LogP contribution in [0, 0.1) is 0 Å². The number of ether oxygens (including phenoxy) is 1. The molecular weight excluding hydrogens is 306 g/mol. The predicted molar refractivity (Wildman–Crippen MR) is 89.8 cm³/mol. The van der Waals surface area contributed by atoms with Crippen LogP contribution in [0.25, 0.3) is 0 Å². The molecule has 0 spiro atoms. The number of pyridine rings is 1. The Morgan fingerprint density at radius 2 is 2.38 bits per heavy atom. The molecule has 2 amide bonds. The highest BCUT2D eigenvalue weighted by molar-refractivity contribution is 5.74. The van der Waals surface area contributed by atoms with Gasteiger partial charge in [-0.25, -0.2) is 4.79 Å². The number of likely N-dealkylation sites (tertiary alicyclic amines) is 1. The van der Waals surface area contributed by atoms with Crippen molar-refractivity contribution in [3.05, 3.63) is 42.5 Å². The summed E-state index contributed by atoms with van der Waals surface area (Å²) in [4.78, 5) is 18.0. The molecule has 1 saturated heterocycles. The highest BCUT2D eigenvalue weighted by Crippen LogP contribution is 2.17. The van der Waals surface area contributed by atoms with Gasteiger partial charge >= 0.3 is 6.03 Å². The van der Waals surface area contributed by atoms with E-state index in [1.165, 1.54) is 5.56 Å². The monoisotopic (exact) mass is 329 g/mol. The number of nitrogens with one attached hydrogen (secondary N) is 1. The molecule has 1 aliphatic heterocycles. The molecular formula is C17H23N5O2. The molecule has 1 atom stereocenters. The highest BCUT2D eigenvalue weighted by atomic mass is 16.5. The maximum atomic E-state index is 12.2. The number of carbonyl (C=O) groups is 1. The molecule has 3 rings (SSSR count). The zero-order valence-corrected chi connectivity index (χ0v) is 13.9. The van der Waals surface area contributed by atoms with Gasteiger partial charge in [0.15, 0.2) is 0 Å². The zero-order valence-electron chi connectivity index (χ0n) is 13.9. The number of aryl methyl sites for hydroxylation is 2. The highest BCUT2D eigenvalue weighted by Gasteiger charge is 2.27. The van der Waals surface area contributed by atoms with Gasteiger partial charge in [0.25, 0.3) is 0 Å². The lowest BCUT2D eigenvalue weighted by Gasteiger charge is -2.17. The summed E-state index contributed by atoms with van der Waals surface area (Å²) in [6, 6.07) is 3.71. The number of rotatable bonds is 6. The zero-order chi connectivity index (χ0) is 16.8. The Kier molecular flexibility index (Phi) is 5.30. The normalized spacial score (nSPS) is 17.0. The summed E-state index contributed by atoms with van der Waals surface area (Å²) in [6.07, 6.45) is 9.98. The van der Waals surface area contributed by atoms with Crippen molar-refractivity contribution in [1.29, 1.82) is 0 Å². The molecule has 3 heterocycles. The second-order valence-corrected chi connectivity index (χ2v) is 6.02. The molecule has 24 heavy (non-hydrogen) atoms. The third-order valence-corrected chi connectivity index (χ3v) is 4.05. The van der Waals surface area contributed by atoms with Crippen molar-refractivity contribution in [3.63, 3.8) is 0 Å². The second-order valence-electron chi connectivity index (χ2n) is 6.02. The summed E-state index contributed by atoms with van der Waals surface area (Å²) < 4.78 is 7.64. The van der Waals surface area contributed by atoms with Crippen molar-refractivity contribution < 1.29 is 9.53 Å². The van der Waals surface area contributed by atoms with E-state index in [-0.39, 0.29) is 12.1 Å². The van der Waals surface area contributed by atoms with Crippen LogP contribution in [0.15, 0.2) is 36.9 Å². The van der Waals surface area contributed by atoms with Crippen molar-refractivity contribution in [2.45, 2.75) is 25.4 Å². The van der Waals surface area contributed by atoms with Crippen molar-refractivity contribution >= 4 is 6.03 Å². The average Bonchev–Trinajstić information content (AvgIpc) is 3.21. The number of hydrogen-bond acceptors (Lipinski definition) is 4. The van der Waals surface area contributed by atoms with Crippen LogP contribution in [-0.2, 0) is 13.5 Å². The lowest BCUT2D eigenvalue weighted by molar-refractivity contribution is 0.186. The van der Waals surface area contributed by atoms with Crippen LogP contribution >= 0.6 is 0 Å². The number of hydrogen-bond donors (Lipinski definition) is 1. The molecule has 0 saturated carbocycles. The van der Waals surface area contributed by atoms with E-state index < -0.39 is 0 Å². The molecule has 1 aliphatic rings. The lowest BCUT2D eigenvalue weighted by Crippen LogP contribution is -2.39. The van der Waals surface area contributed by atoms with Crippen LogP contribution in [0.4, 0.5) is 4.79 Å². The van der Waals surface area contributed by atoms with Gasteiger partial charge < -0.3 is 15.0 Å². The van der Waals surface area contributed by atoms with Gasteiger partial charge in [-0.15, -0.1) is 0 Å². The minimum atomic E-state index is -0.0153. The molecule has 1 N–H and O–H groups in total. The smallest absolute Gasteiger partial charge is 0.317 e. The summed E-state index contributed by atoms with van der Waals surface area (Å²) in [7, 11) is 1.91. The molecule has 0 radical (unpaired) electrons. The Morgan fingerprint density at radius 3 is 3.12 bits per heavy atom. The van der Waals surface area contributed by atoms with Crippen LogP contribution < -0.4 is 10.1 Å². The minimum Gasteiger partial charge on any atom is -0.487 e. The number of nitrogens with zero attached hydrogens (tertiary/aromatic N) is 4. The average molecular weight is 329 g/mol. The first-order valence-corrected chi connectivity index (χ1v) is 8.27. The van der Waals surface area contributed by atoms with Crippen LogP contribution in [0.3, 0.4) is 0 Å². The first kappa shape index (κ1) is 16.3. The standard InChI is InChI=1S/C17H23N5O2/c1-21-12-14(10-20-21)4-2-8-19-17(23)22-9-6-16(13-22)24-15-5-3-7-18-11-15/h3,5,7,10-12,16H,2,4,6,8-9,13H2,1H3,(H,19,23)/t16-/m0/s1. The summed E-state index contributed by atoms with van der Waals surface area (Å²) in [5.41, 5.74) is 1.19. The topological polar surface area (TPSA) is 72.3 Å². The van der Waals surface area contributed by atoms with E-state index in [4.69, 9.17) is 4.74 Å². The summed E-state index contributed by atoms with van der Waals surface area (Å²) in [6.45, 7) is 2.00. The van der Waals surface area contributed by atoms with Gasteiger partial charge in [0.1, 0.15) is 11.9 Å². The van der Waals surface area contributed by atoms with E-state index in [1.807, 2.05) is 36.5 Å². The van der Waals surface area contributed by atoms with E-state index in [1.54, 1.807) is 17.1 Å². The molecule has 0 aromatic carbocycles. The van der Waals surface area contributed by atoms with Crippen molar-refractivity contribution in [2.75, 3.05) is 19.6 Å². The summed E-state index contributed by atoms with van der Waals surface area (Å²) in [5.74, 6) is 0.751. The van der Waals surface area contributed by atoms with Gasteiger partial charge in [-0.3, -0.25) is 9.67 Å². The van der Waals surface area contributed by atoms with Crippen LogP contribution in [0.1, 0.15) is 18.4 Å². The summed E-state index contributed by atoms with van der Waals surface area (Å²) in [5, 5.41) is 7.12. The molecule has 1 fully saturated rings. The minimum absolute atomic E-state index is 0.0153. The number of urea groups is 1. The number of amides is 2. The van der Waals surface area contributed by atoms with Gasteiger partial charge in [-0.1, -0.05) is 0 Å². The molecule has 0 aliphatic carbocycles. The largest absolute Gasteiger partial charge is 0.487 e. The van der Waals surface area contributed by atoms with Crippen LogP contribution in [0.5, 0.6) is 5.75 Å². The maximum absolute atomic E-state index is 12.2. The Balaban J connectivity index is 1.35. The molecule has 7 nitrogen and oxygen atoms in total. The van der Waals surface area contributed by atoms with Crippen LogP contribution in [-0.4, -0.2) is 51.4 Å². The molecule has 2 aromatic heterocycles. The Bertz CT molecular complexity index is 658. The van der Waals surface area contributed by atoms with E-state index in [0.717, 1.165) is 31.6 Å². The Labute approximate surface area is 141 Å². The summed E-state index contributed by atoms with van der Waals surface area (Å²) >= 11 is 0. The second kappa shape index (κ2) is 7.81. The lowest BCUT2D eigenvalue weighted by atomic mass is 10.2. The molecule has 0 bridgehead atoms. The van der Waals surface area contributed by atoms with E-state index in [2.05, 4.69) is 15.4 Å². The quantitative estimate of drug-likeness (QED) is 0.817. The van der Waals surface area contributed by atoms with Gasteiger partial charge in [0.05, 0.1) is 18.9 Å². The van der Waals surface area contributed by atoms with Gasteiger partial charge in [0.2, 0.25) is 0 Å². The first-order chi connectivity index (χ1) is 11.7. The fourth-order valence-corrected chi connectivity index (χ4v) is 2.82. The van der Waals surface area contributed by atoms with Crippen LogP contribution in [0.2, 0.25) is 0 Å². The Hall–Kier alpha value is -2.57. The molecule has 7 heteroatoms. The molecule has 128 valence electrons. The molecule has 0 unspecified atom stereocenters. The number of carbonyl (C=O) groups excluding carboxylic acids is 1. The fraction of sp³-hybridized carbons (Fsp3) is 0.471. The fourth-order valence-electron chi connectivity index (χ4n) is 2.82. The van der Waals surface area contributed by atoms with Crippen molar-refractivity contribution in [2.24, 2.45) is 7.05 Å². The first-order valence-electron chi connectivity index (χ1n) is 8.27. The van der Waals surface area contributed by atoms with E-state index in [0.29, 0.717) is 13.1 Å². The number of aromatic nitrogens is 3. The third kappa shape index (κ3) is 4.47. The van der Waals surface area contributed by atoms with Gasteiger partial charge in [-0.05, 0) is 30.5 Å². The maximum Gasteiger partial charge on any atom is 0.317 e. The van der Waals surface area contributed by atoms with Crippen molar-refractivity contribution in [1.82, 2.24) is 25.0 Å². The molecule has 2 aromatic rings. The predicted octanol–water partition coefficient (Wildman–Crippen LogP) is 1.61. The van der Waals surface area contributed by atoms with Gasteiger partial charge in [-0.2, -0.15) is 5.10 Å². The van der Waals surface area contributed by atoms with E-state index in [9.17, 15) is 4.79 Å². The van der Waals surface area contributed by atoms with Gasteiger partial charge in [0, 0.05) is 39.0 Å². The third-order valence-electron chi connectivity index (χ3n) is 4.05. The van der Waals surface area contributed by atoms with Crippen molar-refractivity contribution in [3.8, 4) is 5.75 Å². The SMILES string of the molecule is Cn1cc(CCCNC(=O)N2CC[C@H](Oc3cccnc3)C2)cn1. The Morgan fingerprint density at radius 1 is 1.46 bits per heavy atom. The van der Waals surface area contributed by atoms with E-state index >= 15 is 0 Å².